The molecular weight excluding hydrogens is 370 g/mol. The Bertz CT molecular complexity index is 836. The summed E-state index contributed by atoms with van der Waals surface area (Å²) in [5.41, 5.74) is 0.939. The number of amides is 2. The van der Waals surface area contributed by atoms with Crippen LogP contribution in [0.15, 0.2) is 29.3 Å². The molecule has 8 nitrogen and oxygen atoms in total. The SMILES string of the molecule is CCc1cc(C(=O)N2CCC3(CCC(=O)N(CCCn4ccnc4)C3)CC2)on1. The smallest absolute Gasteiger partial charge is 0.292 e. The lowest BCUT2D eigenvalue weighted by Crippen LogP contribution is -2.52. The third kappa shape index (κ3) is 4.36. The molecule has 0 bridgehead atoms. The quantitative estimate of drug-likeness (QED) is 0.745. The third-order valence-electron chi connectivity index (χ3n) is 6.39. The van der Waals surface area contributed by atoms with Crippen molar-refractivity contribution >= 4 is 11.8 Å². The molecule has 0 unspecified atom stereocenters. The monoisotopic (exact) mass is 399 g/mol. The van der Waals surface area contributed by atoms with Gasteiger partial charge in [-0.25, -0.2) is 4.98 Å². The predicted molar refractivity (Wildman–Crippen MR) is 106 cm³/mol. The number of aromatic nitrogens is 3. The van der Waals surface area contributed by atoms with Crippen molar-refractivity contribution in [2.75, 3.05) is 26.2 Å². The second-order valence-corrected chi connectivity index (χ2v) is 8.30. The van der Waals surface area contributed by atoms with Crippen LogP contribution in [0.5, 0.6) is 0 Å². The summed E-state index contributed by atoms with van der Waals surface area (Å²) in [6, 6.07) is 1.74. The largest absolute Gasteiger partial charge is 0.351 e. The number of likely N-dealkylation sites (tertiary alicyclic amines) is 2. The zero-order valence-corrected chi connectivity index (χ0v) is 17.0. The minimum absolute atomic E-state index is 0.0730. The summed E-state index contributed by atoms with van der Waals surface area (Å²) in [7, 11) is 0. The van der Waals surface area contributed by atoms with E-state index in [4.69, 9.17) is 4.52 Å². The van der Waals surface area contributed by atoms with Crippen molar-refractivity contribution in [2.24, 2.45) is 5.41 Å². The van der Waals surface area contributed by atoms with Crippen LogP contribution in [0, 0.1) is 5.41 Å². The van der Waals surface area contributed by atoms with Gasteiger partial charge in [0.05, 0.1) is 12.0 Å². The first-order valence-electron chi connectivity index (χ1n) is 10.6. The van der Waals surface area contributed by atoms with Gasteiger partial charge in [-0.1, -0.05) is 12.1 Å². The molecule has 2 fully saturated rings. The van der Waals surface area contributed by atoms with E-state index in [0.29, 0.717) is 25.3 Å². The second kappa shape index (κ2) is 8.39. The molecule has 2 aromatic heterocycles. The molecule has 4 rings (SSSR count). The first kappa shape index (κ1) is 19.7. The van der Waals surface area contributed by atoms with E-state index in [2.05, 4.69) is 10.1 Å². The standard InChI is InChI=1S/C21H29N5O3/c1-2-17-14-18(29-23-17)20(28)25-11-6-21(7-12-25)5-4-19(27)26(15-21)10-3-9-24-13-8-22-16-24/h8,13-14,16H,2-7,9-12,15H2,1H3. The highest BCUT2D eigenvalue weighted by Crippen LogP contribution is 2.40. The fourth-order valence-electron chi connectivity index (χ4n) is 4.50. The summed E-state index contributed by atoms with van der Waals surface area (Å²) in [5.74, 6) is 0.516. The number of carbonyl (C=O) groups excluding carboxylic acids is 2. The molecule has 2 saturated heterocycles. The van der Waals surface area contributed by atoms with Gasteiger partial charge in [-0.2, -0.15) is 0 Å². The van der Waals surface area contributed by atoms with E-state index in [1.807, 2.05) is 33.8 Å². The van der Waals surface area contributed by atoms with Gasteiger partial charge >= 0.3 is 0 Å². The topological polar surface area (TPSA) is 84.5 Å². The van der Waals surface area contributed by atoms with Crippen molar-refractivity contribution in [1.82, 2.24) is 24.5 Å². The summed E-state index contributed by atoms with van der Waals surface area (Å²) >= 11 is 0. The Morgan fingerprint density at radius 2 is 2.07 bits per heavy atom. The zero-order valence-electron chi connectivity index (χ0n) is 17.0. The number of hydrogen-bond donors (Lipinski definition) is 0. The Labute approximate surface area is 170 Å². The van der Waals surface area contributed by atoms with Gasteiger partial charge in [-0.15, -0.1) is 0 Å². The van der Waals surface area contributed by atoms with Crippen molar-refractivity contribution in [3.8, 4) is 0 Å². The molecule has 8 heteroatoms. The number of aryl methyl sites for hydroxylation is 2. The molecule has 0 saturated carbocycles. The van der Waals surface area contributed by atoms with Gasteiger partial charge in [0, 0.05) is 57.6 Å². The second-order valence-electron chi connectivity index (χ2n) is 8.30. The van der Waals surface area contributed by atoms with Crippen molar-refractivity contribution in [1.29, 1.82) is 0 Å². The van der Waals surface area contributed by atoms with E-state index in [1.54, 1.807) is 12.3 Å². The fourth-order valence-corrected chi connectivity index (χ4v) is 4.50. The van der Waals surface area contributed by atoms with Gasteiger partial charge in [0.25, 0.3) is 5.91 Å². The summed E-state index contributed by atoms with van der Waals surface area (Å²) in [4.78, 5) is 33.1. The van der Waals surface area contributed by atoms with E-state index in [1.165, 1.54) is 0 Å². The Kier molecular flexibility index (Phi) is 5.69. The average Bonchev–Trinajstić information content (AvgIpc) is 3.43. The highest BCUT2D eigenvalue weighted by Gasteiger charge is 2.41. The summed E-state index contributed by atoms with van der Waals surface area (Å²) in [5, 5.41) is 3.93. The first-order chi connectivity index (χ1) is 14.1. The van der Waals surface area contributed by atoms with Crippen LogP contribution >= 0.6 is 0 Å². The highest BCUT2D eigenvalue weighted by atomic mass is 16.5. The first-order valence-corrected chi connectivity index (χ1v) is 10.6. The molecular formula is C21H29N5O3. The number of imidazole rings is 1. The molecule has 0 aromatic carbocycles. The summed E-state index contributed by atoms with van der Waals surface area (Å²) in [6.45, 7) is 5.85. The maximum Gasteiger partial charge on any atom is 0.292 e. The third-order valence-corrected chi connectivity index (χ3v) is 6.39. The predicted octanol–water partition coefficient (Wildman–Crippen LogP) is 2.37. The van der Waals surface area contributed by atoms with Crippen LogP contribution in [-0.4, -0.2) is 62.5 Å². The Morgan fingerprint density at radius 3 is 2.76 bits per heavy atom. The molecule has 29 heavy (non-hydrogen) atoms. The van der Waals surface area contributed by atoms with Gasteiger partial charge in [-0.05, 0) is 37.5 Å². The molecule has 0 N–H and O–H groups in total. The Balaban J connectivity index is 1.31. The molecule has 4 heterocycles. The van der Waals surface area contributed by atoms with E-state index in [-0.39, 0.29) is 17.2 Å². The van der Waals surface area contributed by atoms with E-state index in [9.17, 15) is 9.59 Å². The van der Waals surface area contributed by atoms with Crippen LogP contribution in [-0.2, 0) is 17.8 Å². The lowest BCUT2D eigenvalue weighted by atomic mass is 9.72. The normalized spacial score (nSPS) is 19.1. The molecule has 2 aliphatic heterocycles. The van der Waals surface area contributed by atoms with Gasteiger partial charge in [0.2, 0.25) is 11.7 Å². The van der Waals surface area contributed by atoms with Crippen LogP contribution in [0.3, 0.4) is 0 Å². The van der Waals surface area contributed by atoms with Crippen LogP contribution in [0.1, 0.15) is 55.3 Å². The summed E-state index contributed by atoms with van der Waals surface area (Å²) < 4.78 is 7.26. The van der Waals surface area contributed by atoms with Crippen molar-refractivity contribution < 1.29 is 14.1 Å². The minimum atomic E-state index is -0.0730. The molecule has 0 aliphatic carbocycles. The number of piperidine rings is 2. The van der Waals surface area contributed by atoms with Crippen LogP contribution in [0.4, 0.5) is 0 Å². The van der Waals surface area contributed by atoms with Crippen LogP contribution in [0.2, 0.25) is 0 Å². The van der Waals surface area contributed by atoms with Gasteiger partial charge < -0.3 is 18.9 Å². The lowest BCUT2D eigenvalue weighted by molar-refractivity contribution is -0.139. The van der Waals surface area contributed by atoms with Crippen LogP contribution < -0.4 is 0 Å². The molecule has 2 aliphatic rings. The van der Waals surface area contributed by atoms with Gasteiger partial charge in [0.1, 0.15) is 0 Å². The Hall–Kier alpha value is -2.64. The number of rotatable bonds is 6. The average molecular weight is 399 g/mol. The summed E-state index contributed by atoms with van der Waals surface area (Å²) in [6.07, 6.45) is 10.6. The minimum Gasteiger partial charge on any atom is -0.351 e. The van der Waals surface area contributed by atoms with Gasteiger partial charge in [0.15, 0.2) is 0 Å². The molecule has 1 spiro atoms. The molecule has 2 aromatic rings. The van der Waals surface area contributed by atoms with Crippen molar-refractivity contribution in [2.45, 2.75) is 52.0 Å². The molecule has 156 valence electrons. The van der Waals surface area contributed by atoms with E-state index in [0.717, 1.165) is 57.4 Å². The number of hydrogen-bond acceptors (Lipinski definition) is 5. The van der Waals surface area contributed by atoms with Gasteiger partial charge in [-0.3, -0.25) is 9.59 Å². The number of nitrogens with zero attached hydrogens (tertiary/aromatic N) is 5. The molecule has 0 radical (unpaired) electrons. The highest BCUT2D eigenvalue weighted by molar-refractivity contribution is 5.91. The van der Waals surface area contributed by atoms with Crippen molar-refractivity contribution in [3.63, 3.8) is 0 Å². The lowest BCUT2D eigenvalue weighted by Gasteiger charge is -2.47. The maximum atomic E-state index is 12.7. The zero-order chi connectivity index (χ0) is 20.3. The van der Waals surface area contributed by atoms with Crippen LogP contribution in [0.25, 0.3) is 0 Å². The van der Waals surface area contributed by atoms with Crippen molar-refractivity contribution in [3.05, 3.63) is 36.2 Å². The molecule has 0 atom stereocenters. The maximum absolute atomic E-state index is 12.7. The van der Waals surface area contributed by atoms with E-state index < -0.39 is 0 Å². The fraction of sp³-hybridized carbons (Fsp3) is 0.619. The number of carbonyl (C=O) groups is 2. The van der Waals surface area contributed by atoms with E-state index >= 15 is 0 Å². The Morgan fingerprint density at radius 1 is 1.24 bits per heavy atom. The molecule has 2 amide bonds.